The summed E-state index contributed by atoms with van der Waals surface area (Å²) in [5.74, 6) is -0.327. The first-order valence-electron chi connectivity index (χ1n) is 9.62. The SMILES string of the molecule is COCCNC(=O)CCCNC(=O)Cn1cnc2sc3c(c2c1=O)CCCC3. The Hall–Kier alpha value is -2.26. The first kappa shape index (κ1) is 20.5. The predicted octanol–water partition coefficient (Wildman–Crippen LogP) is 0.996. The van der Waals surface area contributed by atoms with Gasteiger partial charge in [-0.15, -0.1) is 11.3 Å². The molecule has 152 valence electrons. The molecule has 2 amide bonds. The minimum atomic E-state index is -0.257. The second-order valence-corrected chi connectivity index (χ2v) is 7.95. The molecule has 2 N–H and O–H groups in total. The molecule has 0 aliphatic heterocycles. The van der Waals surface area contributed by atoms with Crippen LogP contribution in [0.15, 0.2) is 11.1 Å². The number of hydrogen-bond acceptors (Lipinski definition) is 6. The second-order valence-electron chi connectivity index (χ2n) is 6.86. The highest BCUT2D eigenvalue weighted by Gasteiger charge is 2.20. The standard InChI is InChI=1S/C19H26N4O4S/c1-27-10-9-21-15(24)7-4-8-20-16(25)11-23-12-22-18-17(19(23)26)13-5-2-3-6-14(13)28-18/h12H,2-11H2,1H3,(H,20,25)(H,21,24). The lowest BCUT2D eigenvalue weighted by molar-refractivity contribution is -0.123. The van der Waals surface area contributed by atoms with Crippen LogP contribution in [0.5, 0.6) is 0 Å². The molecular formula is C19H26N4O4S. The smallest absolute Gasteiger partial charge is 0.262 e. The molecule has 9 heteroatoms. The van der Waals surface area contributed by atoms with E-state index in [0.717, 1.165) is 36.1 Å². The fourth-order valence-electron chi connectivity index (χ4n) is 3.36. The third-order valence-electron chi connectivity index (χ3n) is 4.79. The van der Waals surface area contributed by atoms with E-state index in [1.54, 1.807) is 18.4 Å². The second kappa shape index (κ2) is 9.79. The molecule has 2 aromatic heterocycles. The van der Waals surface area contributed by atoms with Gasteiger partial charge in [-0.2, -0.15) is 0 Å². The van der Waals surface area contributed by atoms with Gasteiger partial charge in [0.25, 0.3) is 5.56 Å². The van der Waals surface area contributed by atoms with Crippen molar-refractivity contribution in [1.82, 2.24) is 20.2 Å². The van der Waals surface area contributed by atoms with Crippen LogP contribution in [0.2, 0.25) is 0 Å². The van der Waals surface area contributed by atoms with E-state index in [1.807, 2.05) is 0 Å². The Morgan fingerprint density at radius 3 is 2.82 bits per heavy atom. The van der Waals surface area contributed by atoms with Crippen molar-refractivity contribution in [2.24, 2.45) is 0 Å². The molecule has 1 aliphatic rings. The van der Waals surface area contributed by atoms with E-state index in [-0.39, 0.29) is 23.9 Å². The average molecular weight is 407 g/mol. The molecule has 0 fully saturated rings. The van der Waals surface area contributed by atoms with Gasteiger partial charge in [0, 0.05) is 31.5 Å². The van der Waals surface area contributed by atoms with Gasteiger partial charge in [-0.3, -0.25) is 19.0 Å². The van der Waals surface area contributed by atoms with Gasteiger partial charge in [0.05, 0.1) is 18.3 Å². The van der Waals surface area contributed by atoms with Gasteiger partial charge in [0.15, 0.2) is 0 Å². The summed E-state index contributed by atoms with van der Waals surface area (Å²) in [6, 6.07) is 0. The van der Waals surface area contributed by atoms with Gasteiger partial charge in [-0.1, -0.05) is 0 Å². The van der Waals surface area contributed by atoms with Gasteiger partial charge < -0.3 is 15.4 Å². The monoisotopic (exact) mass is 406 g/mol. The van der Waals surface area contributed by atoms with Crippen molar-refractivity contribution in [1.29, 1.82) is 0 Å². The molecule has 0 radical (unpaired) electrons. The van der Waals surface area contributed by atoms with E-state index in [0.29, 0.717) is 37.9 Å². The highest BCUT2D eigenvalue weighted by Crippen LogP contribution is 2.33. The molecule has 28 heavy (non-hydrogen) atoms. The fraction of sp³-hybridized carbons (Fsp3) is 0.579. The van der Waals surface area contributed by atoms with Crippen molar-refractivity contribution < 1.29 is 14.3 Å². The van der Waals surface area contributed by atoms with Crippen molar-refractivity contribution in [2.75, 3.05) is 26.8 Å². The first-order valence-corrected chi connectivity index (χ1v) is 10.4. The number of methoxy groups -OCH3 is 1. The average Bonchev–Trinajstić information content (AvgIpc) is 3.07. The molecule has 0 aromatic carbocycles. The Morgan fingerprint density at radius 1 is 1.21 bits per heavy atom. The van der Waals surface area contributed by atoms with Gasteiger partial charge in [0.2, 0.25) is 11.8 Å². The number of nitrogens with zero attached hydrogens (tertiary/aromatic N) is 2. The van der Waals surface area contributed by atoms with Gasteiger partial charge >= 0.3 is 0 Å². The van der Waals surface area contributed by atoms with Gasteiger partial charge in [0.1, 0.15) is 11.4 Å². The third kappa shape index (κ3) is 4.96. The normalized spacial score (nSPS) is 13.3. The van der Waals surface area contributed by atoms with Crippen LogP contribution < -0.4 is 16.2 Å². The summed E-state index contributed by atoms with van der Waals surface area (Å²) < 4.78 is 6.24. The van der Waals surface area contributed by atoms with E-state index in [2.05, 4.69) is 15.6 Å². The minimum Gasteiger partial charge on any atom is -0.383 e. The molecule has 0 saturated carbocycles. The molecule has 2 heterocycles. The third-order valence-corrected chi connectivity index (χ3v) is 5.99. The topological polar surface area (TPSA) is 102 Å². The van der Waals surface area contributed by atoms with Crippen LogP contribution in [0.25, 0.3) is 10.2 Å². The van der Waals surface area contributed by atoms with Crippen LogP contribution in [0.3, 0.4) is 0 Å². The summed E-state index contributed by atoms with van der Waals surface area (Å²) in [5, 5.41) is 6.17. The molecule has 0 atom stereocenters. The Morgan fingerprint density at radius 2 is 2.00 bits per heavy atom. The van der Waals surface area contributed by atoms with Crippen molar-refractivity contribution >= 4 is 33.4 Å². The Labute approximate surface area is 167 Å². The maximum Gasteiger partial charge on any atom is 0.262 e. The molecule has 8 nitrogen and oxygen atoms in total. The number of thiophene rings is 1. The zero-order valence-corrected chi connectivity index (χ0v) is 16.9. The summed E-state index contributed by atoms with van der Waals surface area (Å²) in [5.41, 5.74) is 0.982. The van der Waals surface area contributed by atoms with Crippen LogP contribution in [0.4, 0.5) is 0 Å². The summed E-state index contributed by atoms with van der Waals surface area (Å²) in [7, 11) is 1.58. The van der Waals surface area contributed by atoms with E-state index in [1.165, 1.54) is 15.8 Å². The number of amides is 2. The van der Waals surface area contributed by atoms with Crippen LogP contribution in [-0.2, 0) is 33.7 Å². The number of carbonyl (C=O) groups excluding carboxylic acids is 2. The van der Waals surface area contributed by atoms with Crippen molar-refractivity contribution in [3.8, 4) is 0 Å². The zero-order chi connectivity index (χ0) is 19.9. The van der Waals surface area contributed by atoms with Gasteiger partial charge in [-0.25, -0.2) is 4.98 Å². The number of aryl methyl sites for hydroxylation is 2. The quantitative estimate of drug-likeness (QED) is 0.605. The molecule has 1 aliphatic carbocycles. The lowest BCUT2D eigenvalue weighted by Crippen LogP contribution is -2.33. The number of nitrogens with one attached hydrogen (secondary N) is 2. The molecular weight excluding hydrogens is 380 g/mol. The summed E-state index contributed by atoms with van der Waals surface area (Å²) in [4.78, 5) is 43.0. The highest BCUT2D eigenvalue weighted by molar-refractivity contribution is 7.18. The number of carbonyl (C=O) groups is 2. The van der Waals surface area contributed by atoms with Gasteiger partial charge in [-0.05, 0) is 37.7 Å². The highest BCUT2D eigenvalue weighted by atomic mass is 32.1. The molecule has 3 rings (SSSR count). The molecule has 0 unspecified atom stereocenters. The Balaban J connectivity index is 1.52. The molecule has 0 spiro atoms. The Kier molecular flexibility index (Phi) is 7.16. The van der Waals surface area contributed by atoms with Crippen molar-refractivity contribution in [3.05, 3.63) is 27.1 Å². The van der Waals surface area contributed by atoms with E-state index >= 15 is 0 Å². The van der Waals surface area contributed by atoms with Crippen molar-refractivity contribution in [3.63, 3.8) is 0 Å². The maximum atomic E-state index is 12.8. The van der Waals surface area contributed by atoms with E-state index in [4.69, 9.17) is 4.74 Å². The first-order chi connectivity index (χ1) is 13.6. The number of ether oxygens (including phenoxy) is 1. The summed E-state index contributed by atoms with van der Waals surface area (Å²) in [6.07, 6.45) is 6.49. The summed E-state index contributed by atoms with van der Waals surface area (Å²) >= 11 is 1.60. The fourth-order valence-corrected chi connectivity index (χ4v) is 4.58. The Bertz CT molecular complexity index is 905. The largest absolute Gasteiger partial charge is 0.383 e. The van der Waals surface area contributed by atoms with Crippen LogP contribution in [0, 0.1) is 0 Å². The van der Waals surface area contributed by atoms with Crippen LogP contribution in [0.1, 0.15) is 36.1 Å². The lowest BCUT2D eigenvalue weighted by atomic mass is 9.97. The number of fused-ring (bicyclic) bond motifs is 3. The molecule has 0 saturated heterocycles. The molecule has 2 aromatic rings. The van der Waals surface area contributed by atoms with Crippen molar-refractivity contribution in [2.45, 2.75) is 45.1 Å². The summed E-state index contributed by atoms with van der Waals surface area (Å²) in [6.45, 7) is 1.27. The lowest BCUT2D eigenvalue weighted by Gasteiger charge is -2.10. The zero-order valence-electron chi connectivity index (χ0n) is 16.1. The molecule has 0 bridgehead atoms. The number of aromatic nitrogens is 2. The van der Waals surface area contributed by atoms with Crippen LogP contribution >= 0.6 is 11.3 Å². The minimum absolute atomic E-state index is 0.0631. The van der Waals surface area contributed by atoms with E-state index in [9.17, 15) is 14.4 Å². The van der Waals surface area contributed by atoms with Crippen LogP contribution in [-0.4, -0.2) is 48.2 Å². The number of rotatable bonds is 9. The van der Waals surface area contributed by atoms with E-state index < -0.39 is 0 Å². The maximum absolute atomic E-state index is 12.8. The number of hydrogen-bond donors (Lipinski definition) is 2. The predicted molar refractivity (Wildman–Crippen MR) is 108 cm³/mol.